The van der Waals surface area contributed by atoms with Crippen LogP contribution in [0.2, 0.25) is 0 Å². The number of para-hydroxylation sites is 1. The second kappa shape index (κ2) is 5.36. The first-order valence-corrected chi connectivity index (χ1v) is 8.07. The minimum Gasteiger partial charge on any atom is -0.473 e. The third-order valence-electron chi connectivity index (χ3n) is 3.28. The van der Waals surface area contributed by atoms with E-state index >= 15 is 0 Å². The molecule has 2 aromatic carbocycles. The van der Waals surface area contributed by atoms with Crippen LogP contribution in [0.3, 0.4) is 0 Å². The Morgan fingerprint density at radius 3 is 2.70 bits per heavy atom. The summed E-state index contributed by atoms with van der Waals surface area (Å²) in [6.45, 7) is 0.953. The maximum Gasteiger partial charge on any atom is 0.161 e. The molecule has 0 aliphatic carbocycles. The Morgan fingerprint density at radius 1 is 1.15 bits per heavy atom. The Kier molecular flexibility index (Phi) is 3.56. The topological polar surface area (TPSA) is 52.9 Å². The van der Waals surface area contributed by atoms with Crippen LogP contribution in [0.15, 0.2) is 53.4 Å². The van der Waals surface area contributed by atoms with Gasteiger partial charge in [-0.2, -0.15) is 10.6 Å². The third kappa shape index (κ3) is 2.60. The predicted molar refractivity (Wildman–Crippen MR) is 80.5 cm³/mol. The number of hydrogen-bond acceptors (Lipinski definition) is 4. The molecule has 2 N–H and O–H groups in total. The lowest BCUT2D eigenvalue weighted by atomic mass is 10.3. The molecular formula is C15H16NO3S. The van der Waals surface area contributed by atoms with Crippen LogP contribution in [0.1, 0.15) is 0 Å². The van der Waals surface area contributed by atoms with Gasteiger partial charge in [0.2, 0.25) is 0 Å². The highest BCUT2D eigenvalue weighted by Gasteiger charge is 2.28. The molecule has 0 saturated carbocycles. The van der Waals surface area contributed by atoms with Gasteiger partial charge in [-0.1, -0.05) is 24.3 Å². The van der Waals surface area contributed by atoms with Crippen molar-refractivity contribution in [1.29, 1.82) is 0 Å². The van der Waals surface area contributed by atoms with Crippen LogP contribution in [-0.4, -0.2) is 28.1 Å². The van der Waals surface area contributed by atoms with Gasteiger partial charge in [0.05, 0.1) is 16.3 Å². The summed E-state index contributed by atoms with van der Waals surface area (Å²) in [4.78, 5) is 2.63. The van der Waals surface area contributed by atoms with Gasteiger partial charge in [-0.15, -0.1) is 0 Å². The lowest BCUT2D eigenvalue weighted by molar-refractivity contribution is 0.312. The zero-order valence-electron chi connectivity index (χ0n) is 10.9. The quantitative estimate of drug-likeness (QED) is 0.909. The maximum atomic E-state index is 10.1. The smallest absolute Gasteiger partial charge is 0.161 e. The molecule has 1 aliphatic rings. The third-order valence-corrected chi connectivity index (χ3v) is 5.08. The molecule has 0 spiro atoms. The number of benzene rings is 2. The van der Waals surface area contributed by atoms with Gasteiger partial charge in [-0.05, 0) is 30.3 Å². The van der Waals surface area contributed by atoms with Gasteiger partial charge in [-0.3, -0.25) is 9.11 Å². The van der Waals surface area contributed by atoms with Gasteiger partial charge < -0.3 is 9.64 Å². The fraction of sp³-hybridized carbons (Fsp3) is 0.200. The number of nitrogens with zero attached hydrogens (tertiary/aromatic N) is 1. The van der Waals surface area contributed by atoms with Crippen molar-refractivity contribution in [2.75, 3.05) is 23.9 Å². The highest BCUT2D eigenvalue weighted by atomic mass is 32.3. The first kappa shape index (κ1) is 13.3. The van der Waals surface area contributed by atoms with Gasteiger partial charge in [0.25, 0.3) is 0 Å². The molecule has 1 heterocycles. The molecule has 1 radical (unpaired) electrons. The van der Waals surface area contributed by atoms with Crippen LogP contribution >= 0.6 is 10.6 Å². The molecule has 5 heteroatoms. The van der Waals surface area contributed by atoms with Gasteiger partial charge in [0.15, 0.2) is 6.73 Å². The molecule has 0 atom stereocenters. The van der Waals surface area contributed by atoms with E-state index in [9.17, 15) is 9.11 Å². The Labute approximate surface area is 120 Å². The zero-order chi connectivity index (χ0) is 14.0. The molecule has 0 amide bonds. The SMILES string of the molecule is OS1(O)CCN(COc2cc[c]cc2)c2ccccc21. The average molecular weight is 290 g/mol. The molecule has 4 nitrogen and oxygen atoms in total. The van der Waals surface area contributed by atoms with Gasteiger partial charge in [0, 0.05) is 6.54 Å². The predicted octanol–water partition coefficient (Wildman–Crippen LogP) is 3.45. The summed E-state index contributed by atoms with van der Waals surface area (Å²) in [7, 11) is -2.66. The van der Waals surface area contributed by atoms with Crippen molar-refractivity contribution < 1.29 is 13.8 Å². The molecular weight excluding hydrogens is 274 g/mol. The van der Waals surface area contributed by atoms with Crippen molar-refractivity contribution >= 4 is 16.3 Å². The summed E-state index contributed by atoms with van der Waals surface area (Å²) in [5.41, 5.74) is 0.834. The van der Waals surface area contributed by atoms with Crippen LogP contribution < -0.4 is 9.64 Å². The molecule has 3 rings (SSSR count). The molecule has 20 heavy (non-hydrogen) atoms. The zero-order valence-corrected chi connectivity index (χ0v) is 11.7. The van der Waals surface area contributed by atoms with E-state index in [0.29, 0.717) is 23.9 Å². The van der Waals surface area contributed by atoms with Gasteiger partial charge in [0.1, 0.15) is 5.75 Å². The van der Waals surface area contributed by atoms with E-state index in [1.807, 2.05) is 35.2 Å². The number of ether oxygens (including phenoxy) is 1. The molecule has 0 unspecified atom stereocenters. The summed E-state index contributed by atoms with van der Waals surface area (Å²) in [6, 6.07) is 17.6. The standard InChI is InChI=1S/C15H16NO3S/c17-20(18)11-10-16(14-8-4-5-9-15(14)20)12-19-13-6-2-1-3-7-13/h2-9,17-18H,10-12H2. The summed E-state index contributed by atoms with van der Waals surface area (Å²) in [5, 5.41) is 0. The van der Waals surface area contributed by atoms with Crippen LogP contribution in [-0.2, 0) is 0 Å². The Hall–Kier alpha value is -1.69. The first-order chi connectivity index (χ1) is 9.67. The van der Waals surface area contributed by atoms with Crippen LogP contribution in [0.4, 0.5) is 5.69 Å². The van der Waals surface area contributed by atoms with Crippen molar-refractivity contribution in [2.45, 2.75) is 4.90 Å². The van der Waals surface area contributed by atoms with Gasteiger partial charge in [-0.25, -0.2) is 0 Å². The van der Waals surface area contributed by atoms with E-state index in [2.05, 4.69) is 6.07 Å². The largest absolute Gasteiger partial charge is 0.473 e. The lowest BCUT2D eigenvalue weighted by Crippen LogP contribution is -2.36. The minimum absolute atomic E-state index is 0.343. The molecule has 2 aromatic rings. The van der Waals surface area contributed by atoms with Crippen molar-refractivity contribution in [2.24, 2.45) is 0 Å². The van der Waals surface area contributed by atoms with Crippen molar-refractivity contribution in [1.82, 2.24) is 0 Å². The number of rotatable bonds is 3. The Balaban J connectivity index is 1.79. The van der Waals surface area contributed by atoms with Crippen molar-refractivity contribution in [3.8, 4) is 5.75 Å². The summed E-state index contributed by atoms with van der Waals surface area (Å²) < 4.78 is 25.9. The molecule has 0 fully saturated rings. The van der Waals surface area contributed by atoms with E-state index in [-0.39, 0.29) is 0 Å². The molecule has 0 bridgehead atoms. The second-order valence-corrected chi connectivity index (χ2v) is 6.79. The Bertz CT molecular complexity index is 589. The molecule has 1 aliphatic heterocycles. The summed E-state index contributed by atoms with van der Waals surface area (Å²) >= 11 is 0. The fourth-order valence-electron chi connectivity index (χ4n) is 2.22. The number of fused-ring (bicyclic) bond motifs is 1. The average Bonchev–Trinajstić information content (AvgIpc) is 2.48. The summed E-state index contributed by atoms with van der Waals surface area (Å²) in [6.07, 6.45) is 0. The van der Waals surface area contributed by atoms with E-state index in [1.165, 1.54) is 0 Å². The monoisotopic (exact) mass is 290 g/mol. The van der Waals surface area contributed by atoms with E-state index in [4.69, 9.17) is 4.74 Å². The van der Waals surface area contributed by atoms with E-state index in [0.717, 1.165) is 11.4 Å². The van der Waals surface area contributed by atoms with Crippen LogP contribution in [0.5, 0.6) is 5.75 Å². The maximum absolute atomic E-state index is 10.1. The lowest BCUT2D eigenvalue weighted by Gasteiger charge is -2.42. The van der Waals surface area contributed by atoms with E-state index < -0.39 is 10.6 Å². The van der Waals surface area contributed by atoms with Crippen molar-refractivity contribution in [3.63, 3.8) is 0 Å². The van der Waals surface area contributed by atoms with E-state index in [1.54, 1.807) is 18.2 Å². The molecule has 105 valence electrons. The Morgan fingerprint density at radius 2 is 1.90 bits per heavy atom. The highest BCUT2D eigenvalue weighted by Crippen LogP contribution is 2.54. The van der Waals surface area contributed by atoms with Crippen molar-refractivity contribution in [3.05, 3.63) is 54.6 Å². The van der Waals surface area contributed by atoms with Crippen LogP contribution in [0.25, 0.3) is 0 Å². The molecule has 0 saturated heterocycles. The van der Waals surface area contributed by atoms with Gasteiger partial charge >= 0.3 is 0 Å². The second-order valence-electron chi connectivity index (χ2n) is 4.61. The molecule has 0 aromatic heterocycles. The summed E-state index contributed by atoms with van der Waals surface area (Å²) in [5.74, 6) is 1.12. The minimum atomic E-state index is -2.66. The fourth-order valence-corrected chi connectivity index (χ4v) is 3.74. The highest BCUT2D eigenvalue weighted by molar-refractivity contribution is 8.24. The number of hydrogen-bond donors (Lipinski definition) is 2. The normalized spacial score (nSPS) is 18.2. The first-order valence-electron chi connectivity index (χ1n) is 6.36. The number of anilines is 1. The van der Waals surface area contributed by atoms with Crippen LogP contribution in [0, 0.1) is 6.07 Å².